The lowest BCUT2D eigenvalue weighted by molar-refractivity contribution is 0.521. The van der Waals surface area contributed by atoms with Crippen molar-refractivity contribution in [2.45, 2.75) is 31.6 Å². The summed E-state index contributed by atoms with van der Waals surface area (Å²) >= 11 is 15.0. The van der Waals surface area contributed by atoms with Gasteiger partial charge in [-0.05, 0) is 25.2 Å². The number of rotatable bonds is 0. The minimum atomic E-state index is 0.0654. The maximum atomic E-state index is 3.82. The summed E-state index contributed by atoms with van der Waals surface area (Å²) in [6.07, 6.45) is 3.90. The molecule has 2 aliphatic carbocycles. The van der Waals surface area contributed by atoms with Crippen LogP contribution in [0.15, 0.2) is 0 Å². The van der Waals surface area contributed by atoms with Crippen LogP contribution in [0.1, 0.15) is 19.3 Å². The molecular weight excluding hydrogens is 404 g/mol. The number of alkyl halides is 4. The zero-order valence-electron chi connectivity index (χ0n) is 5.79. The Hall–Kier alpha value is 1.92. The molecule has 2 bridgehead atoms. The van der Waals surface area contributed by atoms with Crippen molar-refractivity contribution >= 4 is 63.7 Å². The highest BCUT2D eigenvalue weighted by atomic mass is 79.9. The van der Waals surface area contributed by atoms with Crippen LogP contribution in [-0.4, -0.2) is 12.4 Å². The first-order valence-electron chi connectivity index (χ1n) is 3.68. The third-order valence-corrected chi connectivity index (χ3v) is 10.4. The van der Waals surface area contributed by atoms with Crippen molar-refractivity contribution in [2.75, 3.05) is 0 Å². The topological polar surface area (TPSA) is 0 Å². The van der Waals surface area contributed by atoms with E-state index in [9.17, 15) is 0 Å². The second-order valence-corrected chi connectivity index (χ2v) is 9.56. The van der Waals surface area contributed by atoms with Crippen molar-refractivity contribution in [1.82, 2.24) is 0 Å². The number of hydrogen-bond donors (Lipinski definition) is 0. The molecule has 4 heteroatoms. The van der Waals surface area contributed by atoms with Gasteiger partial charge >= 0.3 is 0 Å². The number of halogens is 4. The minimum Gasteiger partial charge on any atom is -0.0862 e. The van der Waals surface area contributed by atoms with E-state index in [1.807, 2.05) is 0 Å². The second-order valence-electron chi connectivity index (χ2n) is 3.49. The highest BCUT2D eigenvalue weighted by Gasteiger charge is 2.63. The summed E-state index contributed by atoms with van der Waals surface area (Å²) in [5.74, 6) is 0.827. The molecule has 2 rings (SSSR count). The summed E-state index contributed by atoms with van der Waals surface area (Å²) in [6.45, 7) is 0. The first-order chi connectivity index (χ1) is 4.97. The molecule has 2 saturated carbocycles. The van der Waals surface area contributed by atoms with Crippen LogP contribution >= 0.6 is 63.7 Å². The van der Waals surface area contributed by atoms with Gasteiger partial charge in [-0.25, -0.2) is 0 Å². The fourth-order valence-corrected chi connectivity index (χ4v) is 5.69. The fourth-order valence-electron chi connectivity index (χ4n) is 2.13. The maximum Gasteiger partial charge on any atom is 0.108 e. The molecule has 0 aromatic rings. The third-order valence-electron chi connectivity index (χ3n) is 2.85. The van der Waals surface area contributed by atoms with E-state index in [0.29, 0.717) is 4.83 Å². The summed E-state index contributed by atoms with van der Waals surface area (Å²) in [5.41, 5.74) is 0. The van der Waals surface area contributed by atoms with E-state index in [1.165, 1.54) is 19.3 Å². The Balaban J connectivity index is 2.36. The van der Waals surface area contributed by atoms with Gasteiger partial charge in [0.1, 0.15) is 3.23 Å². The van der Waals surface area contributed by atoms with Crippen molar-refractivity contribution in [3.63, 3.8) is 0 Å². The van der Waals surface area contributed by atoms with Crippen LogP contribution in [0.25, 0.3) is 0 Å². The lowest BCUT2D eigenvalue weighted by Crippen LogP contribution is -2.41. The molecule has 3 unspecified atom stereocenters. The van der Waals surface area contributed by atoms with Gasteiger partial charge in [-0.15, -0.1) is 0 Å². The molecule has 0 nitrogen and oxygen atoms in total. The minimum absolute atomic E-state index is 0.0654. The molecule has 0 aromatic carbocycles. The van der Waals surface area contributed by atoms with E-state index in [-0.39, 0.29) is 7.56 Å². The maximum absolute atomic E-state index is 3.82. The van der Waals surface area contributed by atoms with Gasteiger partial charge in [0.05, 0.1) is 4.32 Å². The normalized spacial score (nSPS) is 53.5. The molecule has 0 heterocycles. The van der Waals surface area contributed by atoms with Gasteiger partial charge in [-0.3, -0.25) is 0 Å². The molecule has 2 fully saturated rings. The summed E-state index contributed by atoms with van der Waals surface area (Å²) in [7, 11) is 0. The van der Waals surface area contributed by atoms with Gasteiger partial charge < -0.3 is 0 Å². The van der Waals surface area contributed by atoms with Crippen LogP contribution in [0, 0.1) is 5.92 Å². The highest BCUT2D eigenvalue weighted by molar-refractivity contribution is 9.27. The molecule has 0 radical (unpaired) electrons. The molecule has 64 valence electrons. The summed E-state index contributed by atoms with van der Waals surface area (Å²) in [4.78, 5) is 0.558. The monoisotopic (exact) mass is 408 g/mol. The van der Waals surface area contributed by atoms with Crippen LogP contribution in [0.4, 0.5) is 0 Å². The molecule has 0 saturated heterocycles. The second kappa shape index (κ2) is 2.71. The molecule has 3 atom stereocenters. The number of hydrogen-bond acceptors (Lipinski definition) is 0. The molecule has 11 heavy (non-hydrogen) atoms. The van der Waals surface area contributed by atoms with Crippen molar-refractivity contribution in [3.05, 3.63) is 0 Å². The fraction of sp³-hybridized carbons (Fsp3) is 1.00. The quantitative estimate of drug-likeness (QED) is 0.525. The molecule has 2 aliphatic rings. The summed E-state index contributed by atoms with van der Waals surface area (Å²) < 4.78 is 0.342. The van der Waals surface area contributed by atoms with Gasteiger partial charge in [0.25, 0.3) is 0 Å². The lowest BCUT2D eigenvalue weighted by Gasteiger charge is -2.36. The first kappa shape index (κ1) is 9.47. The van der Waals surface area contributed by atoms with Gasteiger partial charge in [-0.2, -0.15) is 0 Å². The molecule has 0 spiro atoms. The molecule has 0 aromatic heterocycles. The molecule has 0 aliphatic heterocycles. The molecular formula is C7H8Br4. The first-order valence-corrected chi connectivity index (χ1v) is 6.98. The van der Waals surface area contributed by atoms with Crippen molar-refractivity contribution in [2.24, 2.45) is 5.92 Å². The Morgan fingerprint density at radius 2 is 1.82 bits per heavy atom. The van der Waals surface area contributed by atoms with Crippen molar-refractivity contribution in [1.29, 1.82) is 0 Å². The Labute approximate surface area is 100 Å². The highest BCUT2D eigenvalue weighted by Crippen LogP contribution is 2.66. The lowest BCUT2D eigenvalue weighted by atomic mass is 10.0. The predicted molar refractivity (Wildman–Crippen MR) is 62.3 cm³/mol. The van der Waals surface area contributed by atoms with E-state index < -0.39 is 0 Å². The Bertz CT molecular complexity index is 188. The van der Waals surface area contributed by atoms with Gasteiger partial charge in [-0.1, -0.05) is 63.7 Å². The Morgan fingerprint density at radius 3 is 2.09 bits per heavy atom. The van der Waals surface area contributed by atoms with Gasteiger partial charge in [0, 0.05) is 4.83 Å². The average Bonchev–Trinajstić information content (AvgIpc) is 2.36. The van der Waals surface area contributed by atoms with E-state index in [2.05, 4.69) is 63.7 Å². The van der Waals surface area contributed by atoms with Gasteiger partial charge in [0.15, 0.2) is 0 Å². The van der Waals surface area contributed by atoms with Crippen molar-refractivity contribution in [3.8, 4) is 0 Å². The Kier molecular flexibility index (Phi) is 2.33. The van der Waals surface area contributed by atoms with Crippen LogP contribution < -0.4 is 0 Å². The smallest absolute Gasteiger partial charge is 0.0862 e. The zero-order chi connectivity index (χ0) is 8.28. The number of fused-ring (bicyclic) bond motifs is 2. The average molecular weight is 412 g/mol. The third kappa shape index (κ3) is 1.15. The molecule has 0 amide bonds. The van der Waals surface area contributed by atoms with Crippen LogP contribution in [0.2, 0.25) is 0 Å². The zero-order valence-corrected chi connectivity index (χ0v) is 12.1. The van der Waals surface area contributed by atoms with Crippen LogP contribution in [-0.2, 0) is 0 Å². The standard InChI is InChI=1S/C7H8Br4/c8-5-4-1-2-6(9,3-4)7(5,10)11/h4-5H,1-3H2. The summed E-state index contributed by atoms with van der Waals surface area (Å²) in [6, 6.07) is 0. The SMILES string of the molecule is BrC1C2CCC(Br)(C2)C1(Br)Br. The Morgan fingerprint density at radius 1 is 1.18 bits per heavy atom. The van der Waals surface area contributed by atoms with Crippen LogP contribution in [0.5, 0.6) is 0 Å². The van der Waals surface area contributed by atoms with Gasteiger partial charge in [0.2, 0.25) is 0 Å². The largest absolute Gasteiger partial charge is 0.108 e. The summed E-state index contributed by atoms with van der Waals surface area (Å²) in [5, 5.41) is 0. The van der Waals surface area contributed by atoms with Crippen LogP contribution in [0.3, 0.4) is 0 Å². The van der Waals surface area contributed by atoms with Crippen molar-refractivity contribution < 1.29 is 0 Å². The van der Waals surface area contributed by atoms with E-state index >= 15 is 0 Å². The predicted octanol–water partition coefficient (Wildman–Crippen LogP) is 4.18. The molecule has 0 N–H and O–H groups in total. The van der Waals surface area contributed by atoms with E-state index in [4.69, 9.17) is 0 Å². The van der Waals surface area contributed by atoms with E-state index in [1.54, 1.807) is 0 Å². The van der Waals surface area contributed by atoms with E-state index in [0.717, 1.165) is 5.92 Å².